The maximum atomic E-state index is 5.92. The molecule has 0 aromatic rings. The van der Waals surface area contributed by atoms with Crippen molar-refractivity contribution < 1.29 is 0 Å². The molecule has 0 amide bonds. The topological polar surface area (TPSA) is 41.6 Å². The van der Waals surface area contributed by atoms with Crippen molar-refractivity contribution in [1.29, 1.82) is 0 Å². The Morgan fingerprint density at radius 2 is 2.00 bits per heavy atom. The number of nitrogens with zero attached hydrogens (tertiary/aromatic N) is 2. The summed E-state index contributed by atoms with van der Waals surface area (Å²) < 4.78 is 0. The fraction of sp³-hybridized carbons (Fsp3) is 0.909. The first kappa shape index (κ1) is 9.81. The largest absolute Gasteiger partial charge is 0.370 e. The maximum absolute atomic E-state index is 5.92. The number of aliphatic imine (C=N–C) groups is 1. The first-order chi connectivity index (χ1) is 6.77. The standard InChI is InChI=1S/C11H21N3/c1-9-3-5-10(6-4-9)14-8-2-7-13-11(14)12/h9-10H,2-8H2,1H3,(H2,12,13). The van der Waals surface area contributed by atoms with Gasteiger partial charge in [0.05, 0.1) is 0 Å². The van der Waals surface area contributed by atoms with Crippen LogP contribution >= 0.6 is 0 Å². The van der Waals surface area contributed by atoms with Gasteiger partial charge >= 0.3 is 0 Å². The lowest BCUT2D eigenvalue weighted by molar-refractivity contribution is 0.205. The number of hydrogen-bond donors (Lipinski definition) is 1. The highest BCUT2D eigenvalue weighted by Gasteiger charge is 2.26. The summed E-state index contributed by atoms with van der Waals surface area (Å²) in [7, 11) is 0. The molecular weight excluding hydrogens is 174 g/mol. The number of nitrogens with two attached hydrogens (primary N) is 1. The fourth-order valence-corrected chi connectivity index (χ4v) is 2.56. The van der Waals surface area contributed by atoms with Gasteiger partial charge in [-0.15, -0.1) is 0 Å². The van der Waals surface area contributed by atoms with Crippen molar-refractivity contribution in [3.05, 3.63) is 0 Å². The third-order valence-electron chi connectivity index (χ3n) is 3.55. The van der Waals surface area contributed by atoms with Gasteiger partial charge < -0.3 is 10.6 Å². The first-order valence-corrected chi connectivity index (χ1v) is 5.84. The van der Waals surface area contributed by atoms with Crippen LogP contribution in [-0.2, 0) is 0 Å². The van der Waals surface area contributed by atoms with Crippen LogP contribution in [0.2, 0.25) is 0 Å². The molecule has 0 saturated heterocycles. The second-order valence-corrected chi connectivity index (χ2v) is 4.70. The SMILES string of the molecule is CC1CCC(N2CCCN=C2N)CC1. The van der Waals surface area contributed by atoms with Crippen molar-refractivity contribution in [3.63, 3.8) is 0 Å². The predicted octanol–water partition coefficient (Wildman–Crippen LogP) is 1.59. The maximum Gasteiger partial charge on any atom is 0.191 e. The smallest absolute Gasteiger partial charge is 0.191 e. The number of guanidine groups is 1. The molecule has 0 aromatic heterocycles. The molecule has 0 atom stereocenters. The summed E-state index contributed by atoms with van der Waals surface area (Å²) >= 11 is 0. The van der Waals surface area contributed by atoms with Crippen LogP contribution in [0.1, 0.15) is 39.0 Å². The van der Waals surface area contributed by atoms with E-state index in [9.17, 15) is 0 Å². The zero-order chi connectivity index (χ0) is 9.97. The van der Waals surface area contributed by atoms with E-state index in [1.165, 1.54) is 32.1 Å². The highest BCUT2D eigenvalue weighted by molar-refractivity contribution is 5.78. The van der Waals surface area contributed by atoms with E-state index in [4.69, 9.17) is 5.73 Å². The van der Waals surface area contributed by atoms with Crippen LogP contribution < -0.4 is 5.73 Å². The zero-order valence-corrected chi connectivity index (χ0v) is 9.08. The van der Waals surface area contributed by atoms with Crippen LogP contribution in [0.15, 0.2) is 4.99 Å². The lowest BCUT2D eigenvalue weighted by atomic mass is 9.86. The minimum absolute atomic E-state index is 0.676. The normalized spacial score (nSPS) is 34.1. The van der Waals surface area contributed by atoms with E-state index in [1.54, 1.807) is 0 Å². The van der Waals surface area contributed by atoms with Crippen LogP contribution in [0.3, 0.4) is 0 Å². The Kier molecular flexibility index (Phi) is 2.94. The van der Waals surface area contributed by atoms with E-state index in [2.05, 4.69) is 16.8 Å². The van der Waals surface area contributed by atoms with Crippen molar-refractivity contribution in [2.24, 2.45) is 16.6 Å². The zero-order valence-electron chi connectivity index (χ0n) is 9.08. The third-order valence-corrected chi connectivity index (χ3v) is 3.55. The minimum atomic E-state index is 0.676. The lowest BCUT2D eigenvalue weighted by Crippen LogP contribution is -2.48. The van der Waals surface area contributed by atoms with Gasteiger partial charge in [-0.2, -0.15) is 0 Å². The first-order valence-electron chi connectivity index (χ1n) is 5.84. The van der Waals surface area contributed by atoms with Gasteiger partial charge in [0.25, 0.3) is 0 Å². The minimum Gasteiger partial charge on any atom is -0.370 e. The van der Waals surface area contributed by atoms with Crippen LogP contribution in [0.5, 0.6) is 0 Å². The highest BCUT2D eigenvalue weighted by atomic mass is 15.3. The molecule has 1 aliphatic carbocycles. The summed E-state index contributed by atoms with van der Waals surface area (Å²) in [6.45, 7) is 4.39. The molecule has 2 aliphatic rings. The van der Waals surface area contributed by atoms with Crippen LogP contribution in [-0.4, -0.2) is 30.0 Å². The molecule has 80 valence electrons. The number of rotatable bonds is 1. The van der Waals surface area contributed by atoms with Gasteiger partial charge in [0.15, 0.2) is 5.96 Å². The lowest BCUT2D eigenvalue weighted by Gasteiger charge is -2.38. The number of hydrogen-bond acceptors (Lipinski definition) is 3. The molecule has 0 spiro atoms. The Labute approximate surface area is 86.4 Å². The molecule has 1 heterocycles. The van der Waals surface area contributed by atoms with Crippen LogP contribution in [0.25, 0.3) is 0 Å². The average molecular weight is 195 g/mol. The molecule has 0 aromatic carbocycles. The molecule has 3 heteroatoms. The molecular formula is C11H21N3. The van der Waals surface area contributed by atoms with Gasteiger partial charge in [0, 0.05) is 19.1 Å². The molecule has 2 rings (SSSR count). The third kappa shape index (κ3) is 2.02. The summed E-state index contributed by atoms with van der Waals surface area (Å²) in [6, 6.07) is 0.676. The van der Waals surface area contributed by atoms with Crippen molar-refractivity contribution in [2.75, 3.05) is 13.1 Å². The van der Waals surface area contributed by atoms with Gasteiger partial charge in [0.2, 0.25) is 0 Å². The Balaban J connectivity index is 1.94. The highest BCUT2D eigenvalue weighted by Crippen LogP contribution is 2.27. The van der Waals surface area contributed by atoms with Gasteiger partial charge in [-0.05, 0) is 38.0 Å². The predicted molar refractivity (Wildman–Crippen MR) is 59.2 cm³/mol. The Morgan fingerprint density at radius 1 is 1.29 bits per heavy atom. The molecule has 0 unspecified atom stereocenters. The second-order valence-electron chi connectivity index (χ2n) is 4.70. The van der Waals surface area contributed by atoms with Crippen molar-refractivity contribution >= 4 is 5.96 Å². The summed E-state index contributed by atoms with van der Waals surface area (Å²) in [5.41, 5.74) is 5.92. The Hall–Kier alpha value is -0.730. The average Bonchev–Trinajstić information content (AvgIpc) is 2.20. The van der Waals surface area contributed by atoms with Gasteiger partial charge in [0.1, 0.15) is 0 Å². The van der Waals surface area contributed by atoms with E-state index >= 15 is 0 Å². The van der Waals surface area contributed by atoms with E-state index in [1.807, 2.05) is 0 Å². The summed E-state index contributed by atoms with van der Waals surface area (Å²) in [6.07, 6.45) is 6.49. The van der Waals surface area contributed by atoms with Crippen molar-refractivity contribution in [1.82, 2.24) is 4.90 Å². The second kappa shape index (κ2) is 4.20. The van der Waals surface area contributed by atoms with Crippen LogP contribution in [0.4, 0.5) is 0 Å². The molecule has 0 bridgehead atoms. The molecule has 1 aliphatic heterocycles. The van der Waals surface area contributed by atoms with E-state index in [0.29, 0.717) is 6.04 Å². The molecule has 1 saturated carbocycles. The molecule has 14 heavy (non-hydrogen) atoms. The molecule has 2 N–H and O–H groups in total. The Morgan fingerprint density at radius 3 is 2.64 bits per heavy atom. The summed E-state index contributed by atoms with van der Waals surface area (Å²) in [4.78, 5) is 6.65. The van der Waals surface area contributed by atoms with Gasteiger partial charge in [-0.3, -0.25) is 4.99 Å². The molecule has 1 fully saturated rings. The molecule has 3 nitrogen and oxygen atoms in total. The van der Waals surface area contributed by atoms with Crippen molar-refractivity contribution in [2.45, 2.75) is 45.1 Å². The van der Waals surface area contributed by atoms with Gasteiger partial charge in [-0.1, -0.05) is 6.92 Å². The monoisotopic (exact) mass is 195 g/mol. The van der Waals surface area contributed by atoms with E-state index in [-0.39, 0.29) is 0 Å². The summed E-state index contributed by atoms with van der Waals surface area (Å²) in [5.74, 6) is 1.70. The van der Waals surface area contributed by atoms with Crippen molar-refractivity contribution in [3.8, 4) is 0 Å². The fourth-order valence-electron chi connectivity index (χ4n) is 2.56. The van der Waals surface area contributed by atoms with E-state index in [0.717, 1.165) is 25.0 Å². The quantitative estimate of drug-likeness (QED) is 0.690. The molecule has 0 radical (unpaired) electrons. The summed E-state index contributed by atoms with van der Waals surface area (Å²) in [5, 5.41) is 0. The van der Waals surface area contributed by atoms with Crippen LogP contribution in [0, 0.1) is 5.92 Å². The van der Waals surface area contributed by atoms with E-state index < -0.39 is 0 Å². The van der Waals surface area contributed by atoms with Gasteiger partial charge in [-0.25, -0.2) is 0 Å². The Bertz CT molecular complexity index is 217.